The summed E-state index contributed by atoms with van der Waals surface area (Å²) in [5.74, 6) is 0.724. The predicted molar refractivity (Wildman–Crippen MR) is 82.8 cm³/mol. The summed E-state index contributed by atoms with van der Waals surface area (Å²) >= 11 is 0. The van der Waals surface area contributed by atoms with Gasteiger partial charge in [-0.3, -0.25) is 9.59 Å². The molecule has 0 radical (unpaired) electrons. The van der Waals surface area contributed by atoms with Crippen LogP contribution in [0.2, 0.25) is 0 Å². The van der Waals surface area contributed by atoms with Crippen molar-refractivity contribution in [3.63, 3.8) is 0 Å². The number of fused-ring (bicyclic) bond motifs is 1. The topological polar surface area (TPSA) is 84.7 Å². The summed E-state index contributed by atoms with van der Waals surface area (Å²) in [7, 11) is 0. The Kier molecular flexibility index (Phi) is 4.02. The lowest BCUT2D eigenvalue weighted by Gasteiger charge is -2.34. The minimum atomic E-state index is -0.202. The van der Waals surface area contributed by atoms with Gasteiger partial charge in [-0.1, -0.05) is 0 Å². The first-order valence-electron chi connectivity index (χ1n) is 7.66. The standard InChI is InChI=1S/C16H21N3O3/c1-10(17)12-3-2-6-19(8-12)16(21)11-4-5-14-13(7-11)18-15(20)9-22-14/h4-5,7,10,12H,2-3,6,8-9,17H2,1H3,(H,18,20)/t10-,12+/m1/s1. The van der Waals surface area contributed by atoms with Crippen LogP contribution in [0.3, 0.4) is 0 Å². The third-order valence-corrected chi connectivity index (χ3v) is 4.35. The fourth-order valence-electron chi connectivity index (χ4n) is 3.02. The first kappa shape index (κ1) is 14.8. The van der Waals surface area contributed by atoms with E-state index in [1.165, 1.54) is 0 Å². The number of piperidine rings is 1. The number of hydrogen-bond donors (Lipinski definition) is 2. The summed E-state index contributed by atoms with van der Waals surface area (Å²) in [6.45, 7) is 3.45. The van der Waals surface area contributed by atoms with E-state index in [-0.39, 0.29) is 24.5 Å². The summed E-state index contributed by atoms with van der Waals surface area (Å²) in [5.41, 5.74) is 7.10. The maximum Gasteiger partial charge on any atom is 0.262 e. The van der Waals surface area contributed by atoms with E-state index in [2.05, 4.69) is 5.32 Å². The Balaban J connectivity index is 1.77. The van der Waals surface area contributed by atoms with Crippen molar-refractivity contribution in [3.05, 3.63) is 23.8 Å². The van der Waals surface area contributed by atoms with Crippen LogP contribution in [0.25, 0.3) is 0 Å². The van der Waals surface area contributed by atoms with Gasteiger partial charge < -0.3 is 20.7 Å². The minimum Gasteiger partial charge on any atom is -0.482 e. The molecule has 2 amide bonds. The Hall–Kier alpha value is -2.08. The molecule has 0 spiro atoms. The van der Waals surface area contributed by atoms with Gasteiger partial charge in [-0.2, -0.15) is 0 Å². The molecule has 0 aliphatic carbocycles. The molecule has 1 aromatic rings. The number of rotatable bonds is 2. The molecule has 6 heteroatoms. The van der Waals surface area contributed by atoms with E-state index in [0.717, 1.165) is 19.4 Å². The van der Waals surface area contributed by atoms with Gasteiger partial charge in [0.15, 0.2) is 6.61 Å². The molecule has 6 nitrogen and oxygen atoms in total. The van der Waals surface area contributed by atoms with Gasteiger partial charge in [0.25, 0.3) is 11.8 Å². The lowest BCUT2D eigenvalue weighted by Crippen LogP contribution is -2.45. The number of amides is 2. The molecule has 3 N–H and O–H groups in total. The van der Waals surface area contributed by atoms with E-state index in [0.29, 0.717) is 29.5 Å². The average molecular weight is 303 g/mol. The number of likely N-dealkylation sites (tertiary alicyclic amines) is 1. The van der Waals surface area contributed by atoms with Gasteiger partial charge in [0.2, 0.25) is 0 Å². The zero-order valence-corrected chi connectivity index (χ0v) is 12.7. The highest BCUT2D eigenvalue weighted by Crippen LogP contribution is 2.29. The van der Waals surface area contributed by atoms with Crippen LogP contribution in [0, 0.1) is 5.92 Å². The Labute approximate surface area is 129 Å². The van der Waals surface area contributed by atoms with E-state index in [9.17, 15) is 9.59 Å². The predicted octanol–water partition coefficient (Wildman–Crippen LogP) is 1.22. The van der Waals surface area contributed by atoms with Crippen molar-refractivity contribution in [2.45, 2.75) is 25.8 Å². The Morgan fingerprint density at radius 1 is 1.50 bits per heavy atom. The largest absolute Gasteiger partial charge is 0.482 e. The summed E-state index contributed by atoms with van der Waals surface area (Å²) in [5, 5.41) is 2.73. The fraction of sp³-hybridized carbons (Fsp3) is 0.500. The van der Waals surface area contributed by atoms with E-state index < -0.39 is 0 Å². The summed E-state index contributed by atoms with van der Waals surface area (Å²) in [6.07, 6.45) is 2.04. The van der Waals surface area contributed by atoms with Crippen molar-refractivity contribution in [2.75, 3.05) is 25.0 Å². The molecule has 1 aromatic carbocycles. The summed E-state index contributed by atoms with van der Waals surface area (Å²) in [6, 6.07) is 5.25. The van der Waals surface area contributed by atoms with E-state index in [1.54, 1.807) is 18.2 Å². The van der Waals surface area contributed by atoms with Crippen LogP contribution in [-0.4, -0.2) is 42.5 Å². The monoisotopic (exact) mass is 303 g/mol. The second-order valence-electron chi connectivity index (χ2n) is 6.06. The summed E-state index contributed by atoms with van der Waals surface area (Å²) in [4.78, 5) is 25.9. The Morgan fingerprint density at radius 2 is 2.32 bits per heavy atom. The van der Waals surface area contributed by atoms with Gasteiger partial charge in [0.1, 0.15) is 5.75 Å². The molecular weight excluding hydrogens is 282 g/mol. The van der Waals surface area contributed by atoms with Crippen LogP contribution in [0.5, 0.6) is 5.75 Å². The van der Waals surface area contributed by atoms with Crippen molar-refractivity contribution in [1.29, 1.82) is 0 Å². The van der Waals surface area contributed by atoms with Crippen molar-refractivity contribution < 1.29 is 14.3 Å². The smallest absolute Gasteiger partial charge is 0.262 e. The van der Waals surface area contributed by atoms with E-state index >= 15 is 0 Å². The lowest BCUT2D eigenvalue weighted by molar-refractivity contribution is -0.118. The molecule has 2 atom stereocenters. The zero-order chi connectivity index (χ0) is 15.7. The van der Waals surface area contributed by atoms with Gasteiger partial charge in [0, 0.05) is 24.7 Å². The number of hydrogen-bond acceptors (Lipinski definition) is 4. The van der Waals surface area contributed by atoms with Crippen LogP contribution in [0.4, 0.5) is 5.69 Å². The highest BCUT2D eigenvalue weighted by molar-refractivity contribution is 5.99. The molecule has 22 heavy (non-hydrogen) atoms. The molecular formula is C16H21N3O3. The average Bonchev–Trinajstić information content (AvgIpc) is 2.53. The van der Waals surface area contributed by atoms with Gasteiger partial charge in [-0.05, 0) is 43.9 Å². The normalized spacial score (nSPS) is 22.4. The minimum absolute atomic E-state index is 0.0164. The molecule has 2 heterocycles. The van der Waals surface area contributed by atoms with Gasteiger partial charge in [-0.15, -0.1) is 0 Å². The molecule has 2 aliphatic rings. The Bertz CT molecular complexity index is 600. The summed E-state index contributed by atoms with van der Waals surface area (Å²) < 4.78 is 5.31. The van der Waals surface area contributed by atoms with Crippen molar-refractivity contribution in [2.24, 2.45) is 11.7 Å². The molecule has 0 unspecified atom stereocenters. The number of ether oxygens (including phenoxy) is 1. The van der Waals surface area contributed by atoms with Crippen molar-refractivity contribution in [3.8, 4) is 5.75 Å². The maximum atomic E-state index is 12.7. The quantitative estimate of drug-likeness (QED) is 0.860. The SMILES string of the molecule is C[C@@H](N)[C@H]1CCCN(C(=O)c2ccc3c(c2)NC(=O)CO3)C1. The van der Waals surface area contributed by atoms with Crippen LogP contribution < -0.4 is 15.8 Å². The lowest BCUT2D eigenvalue weighted by atomic mass is 9.92. The van der Waals surface area contributed by atoms with Gasteiger partial charge in [-0.25, -0.2) is 0 Å². The maximum absolute atomic E-state index is 12.7. The highest BCUT2D eigenvalue weighted by atomic mass is 16.5. The van der Waals surface area contributed by atoms with Crippen LogP contribution in [0.15, 0.2) is 18.2 Å². The number of nitrogens with one attached hydrogen (secondary N) is 1. The number of carbonyl (C=O) groups excluding carboxylic acids is 2. The molecule has 0 aromatic heterocycles. The number of nitrogens with two attached hydrogens (primary N) is 1. The Morgan fingerprint density at radius 3 is 3.09 bits per heavy atom. The van der Waals surface area contributed by atoms with E-state index in [1.807, 2.05) is 11.8 Å². The molecule has 118 valence electrons. The fourth-order valence-corrected chi connectivity index (χ4v) is 3.02. The molecule has 1 saturated heterocycles. The highest BCUT2D eigenvalue weighted by Gasteiger charge is 2.27. The second-order valence-corrected chi connectivity index (χ2v) is 6.06. The van der Waals surface area contributed by atoms with Crippen LogP contribution >= 0.6 is 0 Å². The number of anilines is 1. The zero-order valence-electron chi connectivity index (χ0n) is 12.7. The second kappa shape index (κ2) is 5.96. The number of nitrogens with zero attached hydrogens (tertiary/aromatic N) is 1. The van der Waals surface area contributed by atoms with Crippen LogP contribution in [-0.2, 0) is 4.79 Å². The third-order valence-electron chi connectivity index (χ3n) is 4.35. The third kappa shape index (κ3) is 2.92. The van der Waals surface area contributed by atoms with E-state index in [4.69, 9.17) is 10.5 Å². The van der Waals surface area contributed by atoms with Crippen LogP contribution in [0.1, 0.15) is 30.1 Å². The first-order chi connectivity index (χ1) is 10.5. The number of carbonyl (C=O) groups is 2. The first-order valence-corrected chi connectivity index (χ1v) is 7.66. The van der Waals surface area contributed by atoms with Gasteiger partial charge in [0.05, 0.1) is 5.69 Å². The van der Waals surface area contributed by atoms with Gasteiger partial charge >= 0.3 is 0 Å². The molecule has 0 bridgehead atoms. The number of benzene rings is 1. The molecule has 1 fully saturated rings. The molecule has 0 saturated carbocycles. The molecule has 2 aliphatic heterocycles. The molecule has 3 rings (SSSR count). The van der Waals surface area contributed by atoms with Crippen molar-refractivity contribution >= 4 is 17.5 Å². The van der Waals surface area contributed by atoms with Crippen molar-refractivity contribution in [1.82, 2.24) is 4.90 Å².